The monoisotopic (exact) mass is 374 g/mol. The van der Waals surface area contributed by atoms with Crippen molar-refractivity contribution in [3.8, 4) is 5.75 Å². The summed E-state index contributed by atoms with van der Waals surface area (Å²) in [7, 11) is 0. The molecule has 0 unspecified atom stereocenters. The standard InChI is InChI=1S/C18H16Cl2N4O/c1-2-25-16-6-4-3-5-15(16)23-17-9-10-21-18(24-17)22-12-7-8-13(19)14(20)11-12/h3-11H,2H2,1H3,(H2,21,22,23,24). The number of benzene rings is 2. The molecule has 1 aromatic heterocycles. The number of aromatic nitrogens is 2. The predicted molar refractivity (Wildman–Crippen MR) is 103 cm³/mol. The number of halogens is 2. The quantitative estimate of drug-likeness (QED) is 0.581. The van der Waals surface area contributed by atoms with Crippen LogP contribution in [0.15, 0.2) is 54.7 Å². The van der Waals surface area contributed by atoms with Crippen molar-refractivity contribution in [3.05, 3.63) is 64.8 Å². The highest BCUT2D eigenvalue weighted by molar-refractivity contribution is 6.42. The summed E-state index contributed by atoms with van der Waals surface area (Å²) in [6.07, 6.45) is 1.67. The van der Waals surface area contributed by atoms with E-state index in [4.69, 9.17) is 27.9 Å². The van der Waals surface area contributed by atoms with Gasteiger partial charge in [-0.25, -0.2) is 4.98 Å². The Morgan fingerprint density at radius 2 is 1.84 bits per heavy atom. The molecule has 0 spiro atoms. The van der Waals surface area contributed by atoms with Gasteiger partial charge in [-0.05, 0) is 43.3 Å². The van der Waals surface area contributed by atoms with Crippen molar-refractivity contribution in [2.45, 2.75) is 6.92 Å². The molecule has 0 atom stereocenters. The molecule has 3 aromatic rings. The van der Waals surface area contributed by atoms with E-state index in [1.165, 1.54) is 0 Å². The van der Waals surface area contributed by atoms with E-state index in [1.807, 2.05) is 37.3 Å². The number of anilines is 4. The fraction of sp³-hybridized carbons (Fsp3) is 0.111. The van der Waals surface area contributed by atoms with Gasteiger partial charge in [0.2, 0.25) is 5.95 Å². The van der Waals surface area contributed by atoms with Crippen LogP contribution in [0.2, 0.25) is 10.0 Å². The fourth-order valence-electron chi connectivity index (χ4n) is 2.18. The van der Waals surface area contributed by atoms with Crippen LogP contribution in [-0.2, 0) is 0 Å². The Kier molecular flexibility index (Phi) is 5.58. The van der Waals surface area contributed by atoms with E-state index < -0.39 is 0 Å². The minimum Gasteiger partial charge on any atom is -0.492 e. The molecule has 2 N–H and O–H groups in total. The van der Waals surface area contributed by atoms with Crippen molar-refractivity contribution >= 4 is 46.3 Å². The molecule has 0 radical (unpaired) electrons. The van der Waals surface area contributed by atoms with Crippen LogP contribution in [0.5, 0.6) is 5.75 Å². The van der Waals surface area contributed by atoms with Crippen LogP contribution < -0.4 is 15.4 Å². The van der Waals surface area contributed by atoms with Crippen LogP contribution in [0.4, 0.5) is 23.1 Å². The van der Waals surface area contributed by atoms with Crippen molar-refractivity contribution in [2.24, 2.45) is 0 Å². The molecule has 5 nitrogen and oxygen atoms in total. The van der Waals surface area contributed by atoms with Crippen molar-refractivity contribution in [3.63, 3.8) is 0 Å². The molecule has 0 aliphatic carbocycles. The molecular formula is C18H16Cl2N4O. The molecule has 128 valence electrons. The molecular weight excluding hydrogens is 359 g/mol. The summed E-state index contributed by atoms with van der Waals surface area (Å²) in [6.45, 7) is 2.54. The Balaban J connectivity index is 1.78. The molecule has 7 heteroatoms. The molecule has 0 fully saturated rings. The zero-order chi connectivity index (χ0) is 17.6. The predicted octanol–water partition coefficient (Wildman–Crippen LogP) is 5.67. The molecule has 2 aromatic carbocycles. The SMILES string of the molecule is CCOc1ccccc1Nc1ccnc(Nc2ccc(Cl)c(Cl)c2)n1. The second-order valence-electron chi connectivity index (χ2n) is 5.07. The molecule has 25 heavy (non-hydrogen) atoms. The first-order valence-corrected chi connectivity index (χ1v) is 8.45. The maximum Gasteiger partial charge on any atom is 0.229 e. The number of nitrogens with one attached hydrogen (secondary N) is 2. The van der Waals surface area contributed by atoms with Crippen LogP contribution in [0.1, 0.15) is 6.92 Å². The number of para-hydroxylation sites is 2. The van der Waals surface area contributed by atoms with E-state index in [2.05, 4.69) is 20.6 Å². The van der Waals surface area contributed by atoms with Gasteiger partial charge in [0.05, 0.1) is 22.3 Å². The second-order valence-corrected chi connectivity index (χ2v) is 5.89. The van der Waals surface area contributed by atoms with Crippen LogP contribution in [0.25, 0.3) is 0 Å². The number of hydrogen-bond acceptors (Lipinski definition) is 5. The topological polar surface area (TPSA) is 59.1 Å². The van der Waals surface area contributed by atoms with Crippen molar-refractivity contribution in [2.75, 3.05) is 17.2 Å². The van der Waals surface area contributed by atoms with Gasteiger partial charge in [0, 0.05) is 11.9 Å². The molecule has 0 saturated heterocycles. The second kappa shape index (κ2) is 8.05. The normalized spacial score (nSPS) is 10.4. The van der Waals surface area contributed by atoms with Gasteiger partial charge in [-0.2, -0.15) is 4.98 Å². The first-order chi connectivity index (χ1) is 12.2. The van der Waals surface area contributed by atoms with Gasteiger partial charge in [-0.1, -0.05) is 35.3 Å². The summed E-state index contributed by atoms with van der Waals surface area (Å²) in [6, 6.07) is 14.7. The summed E-state index contributed by atoms with van der Waals surface area (Å²) < 4.78 is 5.61. The lowest BCUT2D eigenvalue weighted by Gasteiger charge is -2.12. The molecule has 1 heterocycles. The van der Waals surface area contributed by atoms with E-state index in [1.54, 1.807) is 24.4 Å². The van der Waals surface area contributed by atoms with E-state index in [9.17, 15) is 0 Å². The van der Waals surface area contributed by atoms with Crippen LogP contribution in [-0.4, -0.2) is 16.6 Å². The minimum absolute atomic E-state index is 0.442. The van der Waals surface area contributed by atoms with Gasteiger partial charge < -0.3 is 15.4 Å². The average molecular weight is 375 g/mol. The van der Waals surface area contributed by atoms with Gasteiger partial charge in [0.15, 0.2) is 0 Å². The molecule has 0 amide bonds. The third-order valence-corrected chi connectivity index (χ3v) is 4.02. The number of rotatable bonds is 6. The van der Waals surface area contributed by atoms with E-state index in [-0.39, 0.29) is 0 Å². The van der Waals surface area contributed by atoms with Crippen LogP contribution in [0.3, 0.4) is 0 Å². The van der Waals surface area contributed by atoms with E-state index in [0.717, 1.165) is 17.1 Å². The van der Waals surface area contributed by atoms with Gasteiger partial charge in [-0.3, -0.25) is 0 Å². The fourth-order valence-corrected chi connectivity index (χ4v) is 2.48. The maximum absolute atomic E-state index is 6.03. The Morgan fingerprint density at radius 1 is 1.00 bits per heavy atom. The van der Waals surface area contributed by atoms with Crippen LogP contribution in [0, 0.1) is 0 Å². The van der Waals surface area contributed by atoms with Gasteiger partial charge in [0.1, 0.15) is 11.6 Å². The third kappa shape index (κ3) is 4.53. The van der Waals surface area contributed by atoms with Gasteiger partial charge >= 0.3 is 0 Å². The average Bonchev–Trinajstić information content (AvgIpc) is 2.61. The lowest BCUT2D eigenvalue weighted by atomic mass is 10.3. The van der Waals surface area contributed by atoms with Crippen LogP contribution >= 0.6 is 23.2 Å². The zero-order valence-corrected chi connectivity index (χ0v) is 15.0. The van der Waals surface area contributed by atoms with Gasteiger partial charge in [0.25, 0.3) is 0 Å². The molecule has 0 aliphatic rings. The first kappa shape index (κ1) is 17.3. The van der Waals surface area contributed by atoms with Crippen molar-refractivity contribution < 1.29 is 4.74 Å². The first-order valence-electron chi connectivity index (χ1n) is 7.69. The Labute approximate surface area is 156 Å². The number of hydrogen-bond donors (Lipinski definition) is 2. The van der Waals surface area contributed by atoms with Gasteiger partial charge in [-0.15, -0.1) is 0 Å². The lowest BCUT2D eigenvalue weighted by molar-refractivity contribution is 0.342. The molecule has 0 bridgehead atoms. The smallest absolute Gasteiger partial charge is 0.229 e. The largest absolute Gasteiger partial charge is 0.492 e. The summed E-state index contributed by atoms with van der Waals surface area (Å²) in [5.41, 5.74) is 1.59. The molecule has 0 aliphatic heterocycles. The third-order valence-electron chi connectivity index (χ3n) is 3.28. The Morgan fingerprint density at radius 3 is 2.64 bits per heavy atom. The van der Waals surface area contributed by atoms with Crippen molar-refractivity contribution in [1.29, 1.82) is 0 Å². The maximum atomic E-state index is 6.03. The minimum atomic E-state index is 0.442. The number of ether oxygens (including phenoxy) is 1. The summed E-state index contributed by atoms with van der Waals surface area (Å²) in [5.74, 6) is 1.85. The highest BCUT2D eigenvalue weighted by atomic mass is 35.5. The highest BCUT2D eigenvalue weighted by Gasteiger charge is 2.06. The molecule has 0 saturated carbocycles. The lowest BCUT2D eigenvalue weighted by Crippen LogP contribution is -2.02. The summed E-state index contributed by atoms with van der Waals surface area (Å²) >= 11 is 12.0. The summed E-state index contributed by atoms with van der Waals surface area (Å²) in [5, 5.41) is 7.30. The Hall–Kier alpha value is -2.50. The molecule has 3 rings (SSSR count). The van der Waals surface area contributed by atoms with E-state index in [0.29, 0.717) is 28.4 Å². The zero-order valence-electron chi connectivity index (χ0n) is 13.5. The summed E-state index contributed by atoms with van der Waals surface area (Å²) in [4.78, 5) is 8.67. The highest BCUT2D eigenvalue weighted by Crippen LogP contribution is 2.28. The van der Waals surface area contributed by atoms with Crippen molar-refractivity contribution in [1.82, 2.24) is 9.97 Å². The number of nitrogens with zero attached hydrogens (tertiary/aromatic N) is 2. The Bertz CT molecular complexity index is 873. The van der Waals surface area contributed by atoms with E-state index >= 15 is 0 Å².